The topological polar surface area (TPSA) is 107 Å². The summed E-state index contributed by atoms with van der Waals surface area (Å²) in [6.45, 7) is 3.85. The summed E-state index contributed by atoms with van der Waals surface area (Å²) in [5.41, 5.74) is 2.21. The number of anilines is 1. The number of rotatable bonds is 6. The number of non-ortho nitro benzene ring substituents is 1. The molecule has 0 spiro atoms. The molecule has 1 amide bonds. The van der Waals surface area contributed by atoms with Crippen LogP contribution in [-0.2, 0) is 0 Å². The molecule has 1 unspecified atom stereocenters. The Morgan fingerprint density at radius 1 is 1.25 bits per heavy atom. The van der Waals surface area contributed by atoms with Crippen LogP contribution in [0.1, 0.15) is 34.6 Å². The lowest BCUT2D eigenvalue weighted by Crippen LogP contribution is -2.20. The summed E-state index contributed by atoms with van der Waals surface area (Å²) in [7, 11) is 3.09. The van der Waals surface area contributed by atoms with Crippen molar-refractivity contribution in [2.24, 2.45) is 0 Å². The number of carbonyl (C=O) groups is 1. The van der Waals surface area contributed by atoms with Gasteiger partial charge in [0.1, 0.15) is 17.1 Å². The van der Waals surface area contributed by atoms with Gasteiger partial charge >= 0.3 is 0 Å². The number of furan rings is 1. The number of nitrogens with zero attached hydrogens (tertiary/aromatic N) is 1. The number of hydrogen-bond donors (Lipinski definition) is 2. The van der Waals surface area contributed by atoms with Gasteiger partial charge in [-0.25, -0.2) is 0 Å². The highest BCUT2D eigenvalue weighted by atomic mass is 16.6. The van der Waals surface area contributed by atoms with E-state index in [2.05, 4.69) is 10.6 Å². The van der Waals surface area contributed by atoms with Gasteiger partial charge < -0.3 is 19.8 Å². The molecule has 8 heteroatoms. The zero-order valence-corrected chi connectivity index (χ0v) is 16.0. The Kier molecular flexibility index (Phi) is 5.21. The van der Waals surface area contributed by atoms with Gasteiger partial charge in [0.05, 0.1) is 23.6 Å². The van der Waals surface area contributed by atoms with Crippen LogP contribution in [0.5, 0.6) is 5.75 Å². The number of nitro groups is 1. The van der Waals surface area contributed by atoms with Gasteiger partial charge in [-0.3, -0.25) is 14.9 Å². The van der Waals surface area contributed by atoms with Crippen molar-refractivity contribution in [1.29, 1.82) is 0 Å². The predicted octanol–water partition coefficient (Wildman–Crippen LogP) is 4.19. The first-order valence-corrected chi connectivity index (χ1v) is 8.69. The molecule has 0 bridgehead atoms. The molecule has 0 aliphatic rings. The third-order valence-corrected chi connectivity index (χ3v) is 4.63. The second-order valence-corrected chi connectivity index (χ2v) is 6.39. The lowest BCUT2D eigenvalue weighted by Gasteiger charge is -2.16. The molecule has 0 radical (unpaired) electrons. The van der Waals surface area contributed by atoms with E-state index in [1.165, 1.54) is 25.2 Å². The Balaban J connectivity index is 1.98. The first-order chi connectivity index (χ1) is 13.3. The smallest absolute Gasteiger partial charge is 0.270 e. The summed E-state index contributed by atoms with van der Waals surface area (Å²) in [6, 6.07) is 9.45. The summed E-state index contributed by atoms with van der Waals surface area (Å²) in [5.74, 6) is 1.04. The molecular weight excluding hydrogens is 362 g/mol. The zero-order chi connectivity index (χ0) is 20.4. The van der Waals surface area contributed by atoms with Gasteiger partial charge in [-0.05, 0) is 38.1 Å². The van der Waals surface area contributed by atoms with E-state index in [-0.39, 0.29) is 17.3 Å². The van der Waals surface area contributed by atoms with Gasteiger partial charge in [-0.15, -0.1) is 0 Å². The molecule has 2 aromatic carbocycles. The molecule has 0 fully saturated rings. The van der Waals surface area contributed by atoms with Crippen molar-refractivity contribution >= 4 is 28.3 Å². The number of nitrogens with one attached hydrogen (secondary N) is 2. The molecule has 146 valence electrons. The van der Waals surface area contributed by atoms with Crippen LogP contribution >= 0.6 is 0 Å². The average molecular weight is 383 g/mol. The molecule has 0 aliphatic heterocycles. The molecule has 3 rings (SSSR count). The minimum atomic E-state index is -0.531. The Labute approximate surface area is 161 Å². The summed E-state index contributed by atoms with van der Waals surface area (Å²) in [6.07, 6.45) is 0. The highest BCUT2D eigenvalue weighted by Gasteiger charge is 2.21. The van der Waals surface area contributed by atoms with Crippen LogP contribution in [0.4, 0.5) is 11.4 Å². The monoisotopic (exact) mass is 383 g/mol. The molecular formula is C20H21N3O5. The Morgan fingerprint density at radius 2 is 2.00 bits per heavy atom. The minimum Gasteiger partial charge on any atom is -0.497 e. The van der Waals surface area contributed by atoms with Crippen LogP contribution in [-0.4, -0.2) is 25.0 Å². The van der Waals surface area contributed by atoms with Gasteiger partial charge in [0, 0.05) is 35.8 Å². The predicted molar refractivity (Wildman–Crippen MR) is 106 cm³/mol. The second kappa shape index (κ2) is 7.59. The quantitative estimate of drug-likeness (QED) is 0.488. The molecule has 0 aliphatic carbocycles. The van der Waals surface area contributed by atoms with Crippen LogP contribution < -0.4 is 15.4 Å². The third kappa shape index (κ3) is 3.48. The van der Waals surface area contributed by atoms with Crippen molar-refractivity contribution in [1.82, 2.24) is 5.32 Å². The van der Waals surface area contributed by atoms with Crippen molar-refractivity contribution in [2.75, 3.05) is 19.5 Å². The fourth-order valence-corrected chi connectivity index (χ4v) is 3.15. The van der Waals surface area contributed by atoms with Crippen molar-refractivity contribution in [2.45, 2.75) is 19.9 Å². The van der Waals surface area contributed by atoms with Gasteiger partial charge in [0.15, 0.2) is 0 Å². The normalized spacial score (nSPS) is 11.9. The highest BCUT2D eigenvalue weighted by Crippen LogP contribution is 2.34. The van der Waals surface area contributed by atoms with Gasteiger partial charge in [-0.1, -0.05) is 0 Å². The van der Waals surface area contributed by atoms with E-state index in [9.17, 15) is 14.9 Å². The minimum absolute atomic E-state index is 0.149. The molecule has 1 heterocycles. The van der Waals surface area contributed by atoms with E-state index < -0.39 is 10.8 Å². The number of amides is 1. The van der Waals surface area contributed by atoms with Gasteiger partial charge in [-0.2, -0.15) is 0 Å². The van der Waals surface area contributed by atoms with Gasteiger partial charge in [0.2, 0.25) is 0 Å². The maximum atomic E-state index is 12.2. The Bertz CT molecular complexity index is 1060. The van der Waals surface area contributed by atoms with Crippen LogP contribution in [0.15, 0.2) is 40.8 Å². The number of methoxy groups -OCH3 is 1. The van der Waals surface area contributed by atoms with E-state index >= 15 is 0 Å². The Morgan fingerprint density at radius 3 is 2.64 bits per heavy atom. The SMILES string of the molecule is CNC(=O)c1cc([N+](=O)[O-])ccc1NC(C)c1oc2ccc(OC)cc2c1C. The first-order valence-electron chi connectivity index (χ1n) is 8.69. The Hall–Kier alpha value is -3.55. The number of aryl methyl sites for hydroxylation is 1. The maximum Gasteiger partial charge on any atom is 0.270 e. The van der Waals surface area contributed by atoms with Crippen LogP contribution in [0, 0.1) is 17.0 Å². The lowest BCUT2D eigenvalue weighted by molar-refractivity contribution is -0.384. The molecule has 28 heavy (non-hydrogen) atoms. The lowest BCUT2D eigenvalue weighted by atomic mass is 10.1. The number of hydrogen-bond acceptors (Lipinski definition) is 6. The third-order valence-electron chi connectivity index (χ3n) is 4.63. The first kappa shape index (κ1) is 19.2. The summed E-state index contributed by atoms with van der Waals surface area (Å²) < 4.78 is 11.3. The molecule has 0 saturated carbocycles. The molecule has 1 aromatic heterocycles. The van der Waals surface area contributed by atoms with Crippen LogP contribution in [0.25, 0.3) is 11.0 Å². The largest absolute Gasteiger partial charge is 0.497 e. The highest BCUT2D eigenvalue weighted by molar-refractivity contribution is 6.00. The van der Waals surface area contributed by atoms with Crippen LogP contribution in [0.2, 0.25) is 0 Å². The fraction of sp³-hybridized carbons (Fsp3) is 0.250. The van der Waals surface area contributed by atoms with Crippen molar-refractivity contribution < 1.29 is 18.9 Å². The number of ether oxygens (including phenoxy) is 1. The number of fused-ring (bicyclic) bond motifs is 1. The molecule has 2 N–H and O–H groups in total. The van der Waals surface area contributed by atoms with Crippen molar-refractivity contribution in [3.8, 4) is 5.75 Å². The summed E-state index contributed by atoms with van der Waals surface area (Å²) >= 11 is 0. The second-order valence-electron chi connectivity index (χ2n) is 6.39. The molecule has 0 saturated heterocycles. The van der Waals surface area contributed by atoms with E-state index in [4.69, 9.17) is 9.15 Å². The van der Waals surface area contributed by atoms with Gasteiger partial charge in [0.25, 0.3) is 11.6 Å². The number of carbonyl (C=O) groups excluding carboxylic acids is 1. The standard InChI is InChI=1S/C20H21N3O5/c1-11-15-10-14(27-4)6-8-18(15)28-19(11)12(2)22-17-7-5-13(23(25)26)9-16(17)20(24)21-3/h5-10,12,22H,1-4H3,(H,21,24). The van der Waals surface area contributed by atoms with Crippen molar-refractivity contribution in [3.05, 3.63) is 63.4 Å². The van der Waals surface area contributed by atoms with E-state index in [1.54, 1.807) is 7.11 Å². The van der Waals surface area contributed by atoms with Crippen molar-refractivity contribution in [3.63, 3.8) is 0 Å². The van der Waals surface area contributed by atoms with E-state index in [1.807, 2.05) is 32.0 Å². The summed E-state index contributed by atoms with van der Waals surface area (Å²) in [4.78, 5) is 22.7. The number of nitro benzene ring substituents is 1. The fourth-order valence-electron chi connectivity index (χ4n) is 3.15. The molecule has 3 aromatic rings. The zero-order valence-electron chi connectivity index (χ0n) is 16.0. The molecule has 1 atom stereocenters. The van der Waals surface area contributed by atoms with E-state index in [0.29, 0.717) is 11.4 Å². The number of benzene rings is 2. The molecule has 8 nitrogen and oxygen atoms in total. The van der Waals surface area contributed by atoms with E-state index in [0.717, 1.165) is 22.3 Å². The average Bonchev–Trinajstić information content (AvgIpc) is 3.03. The summed E-state index contributed by atoms with van der Waals surface area (Å²) in [5, 5.41) is 17.7. The van der Waals surface area contributed by atoms with Crippen LogP contribution in [0.3, 0.4) is 0 Å². The maximum absolute atomic E-state index is 12.2.